The topological polar surface area (TPSA) is 36.3 Å². The van der Waals surface area contributed by atoms with Gasteiger partial charge in [-0.2, -0.15) is 5.26 Å². The van der Waals surface area contributed by atoms with Gasteiger partial charge < -0.3 is 9.64 Å². The molecule has 1 atom stereocenters. The van der Waals surface area contributed by atoms with Crippen molar-refractivity contribution in [1.82, 2.24) is 4.90 Å². The van der Waals surface area contributed by atoms with Crippen LogP contribution < -0.4 is 4.74 Å². The Bertz CT molecular complexity index is 406. The third-order valence-electron chi connectivity index (χ3n) is 3.58. The number of ether oxygens (including phenoxy) is 1. The monoisotopic (exact) mass is 260 g/mol. The smallest absolute Gasteiger partial charge is 0.119 e. The summed E-state index contributed by atoms with van der Waals surface area (Å²) in [5.41, 5.74) is 1.03. The lowest BCUT2D eigenvalue weighted by atomic mass is 10.1. The van der Waals surface area contributed by atoms with E-state index in [0.29, 0.717) is 25.0 Å². The van der Waals surface area contributed by atoms with Crippen LogP contribution in [0.25, 0.3) is 0 Å². The molecule has 0 spiro atoms. The van der Waals surface area contributed by atoms with Gasteiger partial charge in [0.15, 0.2) is 0 Å². The zero-order valence-corrected chi connectivity index (χ0v) is 12.4. The summed E-state index contributed by atoms with van der Waals surface area (Å²) in [6.07, 6.45) is 0.453. The molecule has 0 amide bonds. The van der Waals surface area contributed by atoms with Gasteiger partial charge in [-0.1, -0.05) is 26.0 Å². The first-order valence-corrected chi connectivity index (χ1v) is 6.83. The molecule has 1 unspecified atom stereocenters. The molecule has 104 valence electrons. The molecule has 1 aromatic rings. The summed E-state index contributed by atoms with van der Waals surface area (Å²) in [5, 5.41) is 8.60. The molecule has 0 saturated heterocycles. The van der Waals surface area contributed by atoms with Gasteiger partial charge in [-0.3, -0.25) is 0 Å². The SMILES string of the molecule is CC(C)C(C)N(C)CCOc1ccc(CC#N)cc1. The molecule has 0 aliphatic rings. The van der Waals surface area contributed by atoms with Gasteiger partial charge in [0, 0.05) is 12.6 Å². The molecule has 0 bridgehead atoms. The summed E-state index contributed by atoms with van der Waals surface area (Å²) in [4.78, 5) is 2.31. The average Bonchev–Trinajstić information content (AvgIpc) is 2.40. The number of nitrogens with zero attached hydrogens (tertiary/aromatic N) is 2. The first kappa shape index (κ1) is 15.5. The van der Waals surface area contributed by atoms with Gasteiger partial charge in [0.1, 0.15) is 12.4 Å². The molecule has 0 aliphatic carbocycles. The number of hydrogen-bond donors (Lipinski definition) is 0. The maximum atomic E-state index is 8.60. The summed E-state index contributed by atoms with van der Waals surface area (Å²) in [6.45, 7) is 8.30. The van der Waals surface area contributed by atoms with Gasteiger partial charge in [0.2, 0.25) is 0 Å². The second kappa shape index (κ2) is 7.81. The standard InChI is InChI=1S/C16H24N2O/c1-13(2)14(3)18(4)11-12-19-16-7-5-15(6-8-16)9-10-17/h5-8,13-14H,9,11-12H2,1-4H3. The van der Waals surface area contributed by atoms with Gasteiger partial charge in [0.05, 0.1) is 12.5 Å². The molecule has 0 aliphatic heterocycles. The van der Waals surface area contributed by atoms with Crippen LogP contribution in [0.15, 0.2) is 24.3 Å². The van der Waals surface area contributed by atoms with Gasteiger partial charge >= 0.3 is 0 Å². The van der Waals surface area contributed by atoms with Crippen molar-refractivity contribution in [3.8, 4) is 11.8 Å². The van der Waals surface area contributed by atoms with E-state index in [0.717, 1.165) is 17.9 Å². The summed E-state index contributed by atoms with van der Waals surface area (Å²) in [7, 11) is 2.13. The Hall–Kier alpha value is -1.53. The van der Waals surface area contributed by atoms with Crippen LogP contribution in [0, 0.1) is 17.2 Å². The summed E-state index contributed by atoms with van der Waals surface area (Å²) < 4.78 is 5.72. The lowest BCUT2D eigenvalue weighted by Gasteiger charge is -2.27. The molecule has 3 heteroatoms. The van der Waals surface area contributed by atoms with Crippen molar-refractivity contribution >= 4 is 0 Å². The Kier molecular flexibility index (Phi) is 6.38. The van der Waals surface area contributed by atoms with E-state index in [2.05, 4.69) is 38.8 Å². The Labute approximate surface area is 116 Å². The maximum Gasteiger partial charge on any atom is 0.119 e. The molecule has 19 heavy (non-hydrogen) atoms. The fourth-order valence-corrected chi connectivity index (χ4v) is 1.81. The minimum absolute atomic E-state index is 0.453. The first-order valence-electron chi connectivity index (χ1n) is 6.83. The van der Waals surface area contributed by atoms with E-state index >= 15 is 0 Å². The second-order valence-electron chi connectivity index (χ2n) is 5.29. The minimum Gasteiger partial charge on any atom is -0.492 e. The number of nitriles is 1. The van der Waals surface area contributed by atoms with Gasteiger partial charge in [-0.15, -0.1) is 0 Å². The molecule has 3 nitrogen and oxygen atoms in total. The van der Waals surface area contributed by atoms with Crippen LogP contribution in [0.3, 0.4) is 0 Å². The highest BCUT2D eigenvalue weighted by Crippen LogP contribution is 2.13. The van der Waals surface area contributed by atoms with Crippen molar-refractivity contribution in [2.24, 2.45) is 5.92 Å². The third kappa shape index (κ3) is 5.32. The highest BCUT2D eigenvalue weighted by molar-refractivity contribution is 5.28. The lowest BCUT2D eigenvalue weighted by molar-refractivity contribution is 0.170. The van der Waals surface area contributed by atoms with Crippen LogP contribution >= 0.6 is 0 Å². The molecule has 1 rings (SSSR count). The van der Waals surface area contributed by atoms with Crippen LogP contribution in [0.4, 0.5) is 0 Å². The number of hydrogen-bond acceptors (Lipinski definition) is 3. The molecular weight excluding hydrogens is 236 g/mol. The maximum absolute atomic E-state index is 8.60. The highest BCUT2D eigenvalue weighted by atomic mass is 16.5. The van der Waals surface area contributed by atoms with Crippen LogP contribution in [-0.2, 0) is 6.42 Å². The van der Waals surface area contributed by atoms with Crippen molar-refractivity contribution in [2.45, 2.75) is 33.2 Å². The minimum atomic E-state index is 0.453. The van der Waals surface area contributed by atoms with Crippen molar-refractivity contribution in [2.75, 3.05) is 20.2 Å². The Morgan fingerprint density at radius 3 is 2.37 bits per heavy atom. The quantitative estimate of drug-likeness (QED) is 0.756. The second-order valence-corrected chi connectivity index (χ2v) is 5.29. The van der Waals surface area contributed by atoms with E-state index in [-0.39, 0.29) is 0 Å². The van der Waals surface area contributed by atoms with E-state index < -0.39 is 0 Å². The Balaban J connectivity index is 2.35. The van der Waals surface area contributed by atoms with Crippen molar-refractivity contribution in [3.05, 3.63) is 29.8 Å². The molecule has 0 heterocycles. The van der Waals surface area contributed by atoms with Gasteiger partial charge in [-0.25, -0.2) is 0 Å². The van der Waals surface area contributed by atoms with E-state index in [4.69, 9.17) is 10.00 Å². The zero-order chi connectivity index (χ0) is 14.3. The Morgan fingerprint density at radius 1 is 1.21 bits per heavy atom. The fraction of sp³-hybridized carbons (Fsp3) is 0.562. The predicted molar refractivity (Wildman–Crippen MR) is 78.2 cm³/mol. The third-order valence-corrected chi connectivity index (χ3v) is 3.58. The summed E-state index contributed by atoms with van der Waals surface area (Å²) in [6, 6.07) is 10.4. The molecule has 0 radical (unpaired) electrons. The predicted octanol–water partition coefficient (Wildman–Crippen LogP) is 3.11. The van der Waals surface area contributed by atoms with Crippen molar-refractivity contribution < 1.29 is 4.74 Å². The fourth-order valence-electron chi connectivity index (χ4n) is 1.81. The van der Waals surface area contributed by atoms with Crippen LogP contribution in [0.2, 0.25) is 0 Å². The van der Waals surface area contributed by atoms with E-state index in [1.54, 1.807) is 0 Å². The van der Waals surface area contributed by atoms with Gasteiger partial charge in [-0.05, 0) is 37.6 Å². The van der Waals surface area contributed by atoms with Gasteiger partial charge in [0.25, 0.3) is 0 Å². The number of benzene rings is 1. The zero-order valence-electron chi connectivity index (χ0n) is 12.4. The molecule has 0 N–H and O–H groups in total. The van der Waals surface area contributed by atoms with Crippen LogP contribution in [0.5, 0.6) is 5.75 Å². The van der Waals surface area contributed by atoms with E-state index in [9.17, 15) is 0 Å². The van der Waals surface area contributed by atoms with E-state index in [1.165, 1.54) is 0 Å². The molecule has 0 fully saturated rings. The van der Waals surface area contributed by atoms with Crippen LogP contribution in [-0.4, -0.2) is 31.1 Å². The largest absolute Gasteiger partial charge is 0.492 e. The van der Waals surface area contributed by atoms with E-state index in [1.807, 2.05) is 24.3 Å². The number of likely N-dealkylation sites (N-methyl/N-ethyl adjacent to an activating group) is 1. The molecular formula is C16H24N2O. The molecule has 1 aromatic carbocycles. The number of rotatable bonds is 7. The lowest BCUT2D eigenvalue weighted by Crippen LogP contribution is -2.36. The van der Waals surface area contributed by atoms with Crippen molar-refractivity contribution in [3.63, 3.8) is 0 Å². The normalized spacial score (nSPS) is 12.5. The molecule has 0 aromatic heterocycles. The summed E-state index contributed by atoms with van der Waals surface area (Å²) >= 11 is 0. The highest BCUT2D eigenvalue weighted by Gasteiger charge is 2.12. The first-order chi connectivity index (χ1) is 9.04. The molecule has 0 saturated carbocycles. The van der Waals surface area contributed by atoms with Crippen LogP contribution in [0.1, 0.15) is 26.3 Å². The van der Waals surface area contributed by atoms with Crippen molar-refractivity contribution in [1.29, 1.82) is 5.26 Å². The summed E-state index contributed by atoms with van der Waals surface area (Å²) in [5.74, 6) is 1.52. The average molecular weight is 260 g/mol. The Morgan fingerprint density at radius 2 is 1.84 bits per heavy atom.